The van der Waals surface area contributed by atoms with E-state index in [4.69, 9.17) is 10.3 Å². The van der Waals surface area contributed by atoms with Crippen LogP contribution in [0.25, 0.3) is 0 Å². The van der Waals surface area contributed by atoms with E-state index in [1.807, 2.05) is 0 Å². The van der Waals surface area contributed by atoms with Gasteiger partial charge in [-0.25, -0.2) is 9.78 Å². The van der Waals surface area contributed by atoms with Crippen LogP contribution < -0.4 is 11.4 Å². The number of aliphatic hydroxyl groups is 1. The van der Waals surface area contributed by atoms with E-state index >= 15 is 0 Å². The topological polar surface area (TPSA) is 120 Å². The van der Waals surface area contributed by atoms with Crippen LogP contribution in [-0.4, -0.2) is 44.3 Å². The number of hydrogen-bond donors (Lipinski definition) is 2. The fourth-order valence-electron chi connectivity index (χ4n) is 1.79. The molecule has 1 aromatic rings. The molecule has 0 amide bonds. The monoisotopic (exact) mass is 306 g/mol. The van der Waals surface area contributed by atoms with Crippen LogP contribution in [0.4, 0.5) is 5.95 Å². The van der Waals surface area contributed by atoms with Crippen LogP contribution in [0.1, 0.15) is 11.8 Å². The minimum Gasteiger partial charge on any atom is -0.392 e. The van der Waals surface area contributed by atoms with E-state index in [-0.39, 0.29) is 23.2 Å². The zero-order chi connectivity index (χ0) is 14.0. The lowest BCUT2D eigenvalue weighted by Crippen LogP contribution is -2.26. The van der Waals surface area contributed by atoms with Gasteiger partial charge in [-0.3, -0.25) is 9.13 Å². The van der Waals surface area contributed by atoms with Crippen LogP contribution >= 0.6 is 19.8 Å². The number of nitrogen functional groups attached to an aromatic ring is 1. The summed E-state index contributed by atoms with van der Waals surface area (Å²) in [5.41, 5.74) is 4.82. The molecule has 8 nitrogen and oxygen atoms in total. The third kappa shape index (κ3) is 3.56. The maximum absolute atomic E-state index is 11.7. The van der Waals surface area contributed by atoms with Gasteiger partial charge in [-0.1, -0.05) is 0 Å². The Morgan fingerprint density at radius 1 is 1.74 bits per heavy atom. The Bertz CT molecular complexity index is 539. The van der Waals surface area contributed by atoms with Gasteiger partial charge in [-0.15, -0.1) is 11.8 Å². The lowest BCUT2D eigenvalue weighted by molar-refractivity contribution is 0.145. The van der Waals surface area contributed by atoms with Gasteiger partial charge in [0.25, 0.3) is 0 Å². The Balaban J connectivity index is 2.07. The molecule has 2 unspecified atom stereocenters. The van der Waals surface area contributed by atoms with E-state index < -0.39 is 19.8 Å². The van der Waals surface area contributed by atoms with E-state index in [0.29, 0.717) is 6.42 Å². The number of aromatic nitrogens is 3. The quantitative estimate of drug-likeness (QED) is 0.728. The molecule has 1 saturated heterocycles. The molecule has 0 radical (unpaired) electrons. The standard InChI is InChI=1S/C9H15N4O4PS/c1-18(16)17-3-6-5(14)2-7(19-6)13-4-11-8(10)12-9(13)15/h4-7,14,18H,2-3H2,1H3,(H2,10,12,15)/t5-,6?,7-/m1/s1. The van der Waals surface area contributed by atoms with Crippen molar-refractivity contribution in [3.8, 4) is 0 Å². The molecule has 2 rings (SSSR count). The van der Waals surface area contributed by atoms with E-state index in [2.05, 4.69) is 9.97 Å². The molecular weight excluding hydrogens is 291 g/mol. The second kappa shape index (κ2) is 6.04. The van der Waals surface area contributed by atoms with Crippen molar-refractivity contribution < 1.29 is 14.2 Å². The van der Waals surface area contributed by atoms with Crippen molar-refractivity contribution in [1.29, 1.82) is 0 Å². The van der Waals surface area contributed by atoms with Crippen molar-refractivity contribution in [3.63, 3.8) is 0 Å². The van der Waals surface area contributed by atoms with Gasteiger partial charge in [0.15, 0.2) is 8.03 Å². The number of anilines is 1. The number of thioether (sulfide) groups is 1. The summed E-state index contributed by atoms with van der Waals surface area (Å²) in [7, 11) is -2.02. The summed E-state index contributed by atoms with van der Waals surface area (Å²) in [5, 5.41) is 9.42. The average Bonchev–Trinajstić information content (AvgIpc) is 2.67. The van der Waals surface area contributed by atoms with E-state index in [1.165, 1.54) is 29.3 Å². The molecule has 0 spiro atoms. The lowest BCUT2D eigenvalue weighted by atomic mass is 10.2. The number of nitrogens with two attached hydrogens (primary N) is 1. The summed E-state index contributed by atoms with van der Waals surface area (Å²) in [4.78, 5) is 19.0. The molecule has 106 valence electrons. The number of aliphatic hydroxyl groups excluding tert-OH is 1. The fraction of sp³-hybridized carbons (Fsp3) is 0.667. The van der Waals surface area contributed by atoms with Crippen LogP contribution in [0.2, 0.25) is 0 Å². The van der Waals surface area contributed by atoms with Crippen molar-refractivity contribution in [1.82, 2.24) is 14.5 Å². The molecule has 1 aliphatic rings. The lowest BCUT2D eigenvalue weighted by Gasteiger charge is -2.13. The maximum atomic E-state index is 11.7. The molecule has 1 aromatic heterocycles. The molecule has 0 aliphatic carbocycles. The predicted molar refractivity (Wildman–Crippen MR) is 72.6 cm³/mol. The molecule has 0 saturated carbocycles. The van der Waals surface area contributed by atoms with Crippen molar-refractivity contribution in [2.75, 3.05) is 19.0 Å². The number of hydrogen-bond acceptors (Lipinski definition) is 8. The Labute approximate surface area is 114 Å². The van der Waals surface area contributed by atoms with Gasteiger partial charge in [0.05, 0.1) is 23.3 Å². The average molecular weight is 306 g/mol. The van der Waals surface area contributed by atoms with Crippen LogP contribution in [0.3, 0.4) is 0 Å². The van der Waals surface area contributed by atoms with Gasteiger partial charge in [-0.05, 0) is 0 Å². The van der Waals surface area contributed by atoms with Crippen molar-refractivity contribution in [2.45, 2.75) is 23.1 Å². The molecule has 4 atom stereocenters. The summed E-state index contributed by atoms with van der Waals surface area (Å²) in [6.07, 6.45) is 1.08. The molecule has 1 fully saturated rings. The smallest absolute Gasteiger partial charge is 0.353 e. The Kier molecular flexibility index (Phi) is 4.62. The Morgan fingerprint density at radius 2 is 2.47 bits per heavy atom. The van der Waals surface area contributed by atoms with E-state index in [1.54, 1.807) is 0 Å². The Morgan fingerprint density at radius 3 is 3.11 bits per heavy atom. The highest BCUT2D eigenvalue weighted by Crippen LogP contribution is 2.41. The minimum atomic E-state index is -2.02. The highest BCUT2D eigenvalue weighted by atomic mass is 32.2. The number of nitrogens with zero attached hydrogens (tertiary/aromatic N) is 3. The first-order valence-corrected chi connectivity index (χ1v) is 8.41. The molecular formula is C9H15N4O4PS. The van der Waals surface area contributed by atoms with Gasteiger partial charge < -0.3 is 15.4 Å². The zero-order valence-electron chi connectivity index (χ0n) is 10.2. The van der Waals surface area contributed by atoms with Gasteiger partial charge in [0.2, 0.25) is 5.95 Å². The molecule has 10 heteroatoms. The largest absolute Gasteiger partial charge is 0.392 e. The molecule has 0 bridgehead atoms. The SMILES string of the molecule is C[PH](=O)OCC1S[C@@H](n2cnc(N)nc2=O)C[C@H]1O. The minimum absolute atomic E-state index is 0.0748. The van der Waals surface area contributed by atoms with Crippen LogP contribution in [-0.2, 0) is 9.09 Å². The van der Waals surface area contributed by atoms with E-state index in [0.717, 1.165) is 0 Å². The van der Waals surface area contributed by atoms with Crippen LogP contribution in [0, 0.1) is 0 Å². The summed E-state index contributed by atoms with van der Waals surface area (Å²) in [6, 6.07) is 0. The third-order valence-corrected chi connectivity index (χ3v) is 4.82. The molecule has 0 aromatic carbocycles. The summed E-state index contributed by atoms with van der Waals surface area (Å²) in [5.74, 6) is -0.0748. The van der Waals surface area contributed by atoms with Crippen LogP contribution in [0.5, 0.6) is 0 Å². The first-order chi connectivity index (χ1) is 8.97. The zero-order valence-corrected chi connectivity index (χ0v) is 12.0. The summed E-state index contributed by atoms with van der Waals surface area (Å²) < 4.78 is 17.3. The Hall–Kier alpha value is -0.890. The summed E-state index contributed by atoms with van der Waals surface area (Å²) in [6.45, 7) is 1.69. The number of rotatable bonds is 4. The van der Waals surface area contributed by atoms with Crippen molar-refractivity contribution in [3.05, 3.63) is 16.8 Å². The second-order valence-corrected chi connectivity index (χ2v) is 6.83. The molecule has 3 N–H and O–H groups in total. The molecule has 1 aliphatic heterocycles. The second-order valence-electron chi connectivity index (χ2n) is 4.14. The molecule has 2 heterocycles. The van der Waals surface area contributed by atoms with E-state index in [9.17, 15) is 14.5 Å². The predicted octanol–water partition coefficient (Wildman–Crippen LogP) is -0.293. The fourth-order valence-corrected chi connectivity index (χ4v) is 3.75. The van der Waals surface area contributed by atoms with Crippen LogP contribution in [0.15, 0.2) is 11.1 Å². The van der Waals surface area contributed by atoms with Gasteiger partial charge in [0.1, 0.15) is 6.33 Å². The van der Waals surface area contributed by atoms with Gasteiger partial charge >= 0.3 is 5.69 Å². The van der Waals surface area contributed by atoms with Crippen molar-refractivity contribution >= 4 is 25.7 Å². The van der Waals surface area contributed by atoms with Gasteiger partial charge in [0, 0.05) is 13.1 Å². The first kappa shape index (κ1) is 14.5. The van der Waals surface area contributed by atoms with Gasteiger partial charge in [-0.2, -0.15) is 4.98 Å². The maximum Gasteiger partial charge on any atom is 0.353 e. The van der Waals surface area contributed by atoms with Crippen molar-refractivity contribution in [2.24, 2.45) is 0 Å². The highest BCUT2D eigenvalue weighted by molar-refractivity contribution is 8.00. The highest BCUT2D eigenvalue weighted by Gasteiger charge is 2.35. The molecule has 19 heavy (non-hydrogen) atoms. The first-order valence-electron chi connectivity index (χ1n) is 5.65. The summed E-state index contributed by atoms with van der Waals surface area (Å²) >= 11 is 1.38. The third-order valence-electron chi connectivity index (χ3n) is 2.71. The normalized spacial score (nSPS) is 28.4.